The fourth-order valence-electron chi connectivity index (χ4n) is 4.47. The van der Waals surface area contributed by atoms with Gasteiger partial charge in [0.05, 0.1) is 11.6 Å². The Morgan fingerprint density at radius 2 is 1.92 bits per heavy atom. The normalized spacial score (nSPS) is 21.7. The van der Waals surface area contributed by atoms with Crippen LogP contribution in [-0.4, -0.2) is 65.6 Å². The SMILES string of the molecule is NCC(C=O)N1CC[C@@H](CNc2ncnc(N(Cc3ccc(C(F)(F)F)cc3)C3CC3)c2F)[C@H](F)C1. The summed E-state index contributed by atoms with van der Waals surface area (Å²) in [5.74, 6) is -1.08. The molecule has 0 amide bonds. The van der Waals surface area contributed by atoms with Crippen molar-refractivity contribution in [2.24, 2.45) is 11.7 Å². The van der Waals surface area contributed by atoms with Gasteiger partial charge in [-0.3, -0.25) is 4.90 Å². The minimum Gasteiger partial charge on any atom is -0.367 e. The molecule has 7 nitrogen and oxygen atoms in total. The van der Waals surface area contributed by atoms with Gasteiger partial charge in [-0.25, -0.2) is 14.4 Å². The predicted molar refractivity (Wildman–Crippen MR) is 125 cm³/mol. The number of nitrogens with two attached hydrogens (primary N) is 1. The lowest BCUT2D eigenvalue weighted by molar-refractivity contribution is -0.137. The second kappa shape index (κ2) is 11.0. The molecule has 2 heterocycles. The number of benzene rings is 1. The molecule has 0 bridgehead atoms. The van der Waals surface area contributed by atoms with E-state index in [2.05, 4.69) is 15.3 Å². The molecule has 4 rings (SSSR count). The van der Waals surface area contributed by atoms with Gasteiger partial charge >= 0.3 is 6.18 Å². The Bertz CT molecular complexity index is 1030. The van der Waals surface area contributed by atoms with E-state index in [9.17, 15) is 22.4 Å². The van der Waals surface area contributed by atoms with Gasteiger partial charge in [-0.05, 0) is 43.5 Å². The van der Waals surface area contributed by atoms with E-state index in [1.54, 1.807) is 9.80 Å². The fourth-order valence-corrected chi connectivity index (χ4v) is 4.47. The molecule has 1 aromatic carbocycles. The number of likely N-dealkylation sites (tertiary alicyclic amines) is 1. The van der Waals surface area contributed by atoms with E-state index >= 15 is 4.39 Å². The summed E-state index contributed by atoms with van der Waals surface area (Å²) >= 11 is 0. The molecule has 1 aliphatic carbocycles. The van der Waals surface area contributed by atoms with E-state index in [0.29, 0.717) is 18.5 Å². The summed E-state index contributed by atoms with van der Waals surface area (Å²) in [6.07, 6.45) is -1.59. The molecule has 1 aromatic heterocycles. The molecule has 1 saturated carbocycles. The number of anilines is 2. The number of nitrogens with zero attached hydrogens (tertiary/aromatic N) is 4. The summed E-state index contributed by atoms with van der Waals surface area (Å²) in [6.45, 7) is 1.05. The van der Waals surface area contributed by atoms with Crippen LogP contribution in [0.3, 0.4) is 0 Å². The Kier molecular flexibility index (Phi) is 8.04. The molecule has 36 heavy (non-hydrogen) atoms. The van der Waals surface area contributed by atoms with Crippen LogP contribution in [0.1, 0.15) is 30.4 Å². The van der Waals surface area contributed by atoms with Crippen molar-refractivity contribution in [1.82, 2.24) is 14.9 Å². The molecule has 0 radical (unpaired) electrons. The topological polar surface area (TPSA) is 87.4 Å². The zero-order valence-electron chi connectivity index (χ0n) is 19.6. The summed E-state index contributed by atoms with van der Waals surface area (Å²) in [7, 11) is 0. The number of aromatic nitrogens is 2. The monoisotopic (exact) mass is 512 g/mol. The van der Waals surface area contributed by atoms with E-state index in [1.165, 1.54) is 18.5 Å². The van der Waals surface area contributed by atoms with Crippen LogP contribution in [0.25, 0.3) is 0 Å². The second-order valence-electron chi connectivity index (χ2n) is 9.29. The van der Waals surface area contributed by atoms with Crippen molar-refractivity contribution in [2.45, 2.75) is 50.2 Å². The third kappa shape index (κ3) is 6.09. The van der Waals surface area contributed by atoms with Crippen molar-refractivity contribution in [1.29, 1.82) is 0 Å². The summed E-state index contributed by atoms with van der Waals surface area (Å²) in [5, 5.41) is 2.90. The Morgan fingerprint density at radius 1 is 1.19 bits per heavy atom. The smallest absolute Gasteiger partial charge is 0.367 e. The minimum absolute atomic E-state index is 0.0254. The molecular formula is C24H29F5N6O. The van der Waals surface area contributed by atoms with Crippen molar-refractivity contribution in [3.63, 3.8) is 0 Å². The molecule has 1 aliphatic heterocycles. The molecular weight excluding hydrogens is 483 g/mol. The number of carbonyl (C=O) groups is 1. The maximum absolute atomic E-state index is 15.4. The van der Waals surface area contributed by atoms with Crippen molar-refractivity contribution in [3.05, 3.63) is 47.5 Å². The third-order valence-electron chi connectivity index (χ3n) is 6.77. The third-order valence-corrected chi connectivity index (χ3v) is 6.77. The van der Waals surface area contributed by atoms with Gasteiger partial charge in [-0.2, -0.15) is 17.6 Å². The van der Waals surface area contributed by atoms with Gasteiger partial charge in [0.15, 0.2) is 11.6 Å². The Balaban J connectivity index is 1.42. The van der Waals surface area contributed by atoms with Gasteiger partial charge in [-0.15, -0.1) is 0 Å². The van der Waals surface area contributed by atoms with E-state index in [-0.39, 0.29) is 43.9 Å². The first-order chi connectivity index (χ1) is 17.2. The lowest BCUT2D eigenvalue weighted by Gasteiger charge is -2.37. The Hall–Kier alpha value is -2.86. The van der Waals surface area contributed by atoms with E-state index in [4.69, 9.17) is 5.73 Å². The van der Waals surface area contributed by atoms with E-state index in [0.717, 1.165) is 31.3 Å². The summed E-state index contributed by atoms with van der Waals surface area (Å²) in [5.41, 5.74) is 5.42. The Morgan fingerprint density at radius 3 is 2.50 bits per heavy atom. The summed E-state index contributed by atoms with van der Waals surface area (Å²) in [6, 6.07) is 4.28. The van der Waals surface area contributed by atoms with Crippen LogP contribution >= 0.6 is 0 Å². The van der Waals surface area contributed by atoms with Crippen LogP contribution in [-0.2, 0) is 17.5 Å². The highest BCUT2D eigenvalue weighted by atomic mass is 19.4. The van der Waals surface area contributed by atoms with Crippen LogP contribution in [0, 0.1) is 11.7 Å². The highest BCUT2D eigenvalue weighted by Gasteiger charge is 2.35. The summed E-state index contributed by atoms with van der Waals surface area (Å²) < 4.78 is 68.8. The first kappa shape index (κ1) is 26.2. The van der Waals surface area contributed by atoms with E-state index in [1.807, 2.05) is 0 Å². The predicted octanol–water partition coefficient (Wildman–Crippen LogP) is 3.40. The Labute approximate surface area is 205 Å². The van der Waals surface area contributed by atoms with Crippen LogP contribution in [0.4, 0.5) is 33.6 Å². The number of alkyl halides is 4. The number of rotatable bonds is 10. The lowest BCUT2D eigenvalue weighted by Crippen LogP contribution is -2.51. The molecule has 2 aliphatic rings. The number of carbonyl (C=O) groups excluding carboxylic acids is 1. The quantitative estimate of drug-likeness (QED) is 0.373. The molecule has 3 atom stereocenters. The van der Waals surface area contributed by atoms with Crippen molar-refractivity contribution >= 4 is 17.9 Å². The first-order valence-corrected chi connectivity index (χ1v) is 11.9. The average molecular weight is 513 g/mol. The van der Waals surface area contributed by atoms with Gasteiger partial charge in [0.25, 0.3) is 0 Å². The van der Waals surface area contributed by atoms with E-state index < -0.39 is 35.7 Å². The number of halogens is 5. The van der Waals surface area contributed by atoms with Gasteiger partial charge < -0.3 is 20.7 Å². The lowest BCUT2D eigenvalue weighted by atomic mass is 9.94. The van der Waals surface area contributed by atoms with Crippen LogP contribution < -0.4 is 16.0 Å². The molecule has 1 saturated heterocycles. The average Bonchev–Trinajstić information content (AvgIpc) is 3.69. The fraction of sp³-hybridized carbons (Fsp3) is 0.542. The maximum atomic E-state index is 15.4. The number of hydrogen-bond acceptors (Lipinski definition) is 7. The first-order valence-electron chi connectivity index (χ1n) is 11.9. The second-order valence-corrected chi connectivity index (χ2v) is 9.29. The molecule has 2 fully saturated rings. The number of nitrogens with one attached hydrogen (secondary N) is 1. The standard InChI is InChI=1S/C24H29F5N6O/c25-20-12-34(19(9-30)13-36)8-7-16(20)10-31-22-21(26)23(33-14-32-22)35(18-5-6-18)11-15-1-3-17(4-2-15)24(27,28)29/h1-4,13-14,16,18-20H,5-12,30H2,(H,31,32,33)/t16-,19?,20+/m0/s1. The van der Waals surface area contributed by atoms with Gasteiger partial charge in [0.1, 0.15) is 18.8 Å². The van der Waals surface area contributed by atoms with Crippen molar-refractivity contribution in [3.8, 4) is 0 Å². The van der Waals surface area contributed by atoms with Gasteiger partial charge in [-0.1, -0.05) is 12.1 Å². The number of aldehydes is 1. The van der Waals surface area contributed by atoms with Gasteiger partial charge in [0, 0.05) is 38.1 Å². The number of hydrogen-bond donors (Lipinski definition) is 2. The molecule has 0 spiro atoms. The van der Waals surface area contributed by atoms with Crippen molar-refractivity contribution in [2.75, 3.05) is 36.4 Å². The highest BCUT2D eigenvalue weighted by Crippen LogP contribution is 2.35. The molecule has 196 valence electrons. The molecule has 1 unspecified atom stereocenters. The van der Waals surface area contributed by atoms with Crippen LogP contribution in [0.15, 0.2) is 30.6 Å². The zero-order valence-corrected chi connectivity index (χ0v) is 19.6. The minimum atomic E-state index is -4.43. The van der Waals surface area contributed by atoms with Crippen molar-refractivity contribution < 1.29 is 26.7 Å². The highest BCUT2D eigenvalue weighted by molar-refractivity contribution is 5.58. The summed E-state index contributed by atoms with van der Waals surface area (Å²) in [4.78, 5) is 22.7. The molecule has 2 aromatic rings. The number of piperidine rings is 1. The van der Waals surface area contributed by atoms with Crippen LogP contribution in [0.5, 0.6) is 0 Å². The zero-order chi connectivity index (χ0) is 25.9. The molecule has 12 heteroatoms. The largest absolute Gasteiger partial charge is 0.416 e. The van der Waals surface area contributed by atoms with Gasteiger partial charge in [0.2, 0.25) is 5.82 Å². The van der Waals surface area contributed by atoms with Crippen LogP contribution in [0.2, 0.25) is 0 Å². The maximum Gasteiger partial charge on any atom is 0.416 e. The molecule has 3 N–H and O–H groups in total.